The summed E-state index contributed by atoms with van der Waals surface area (Å²) in [5, 5.41) is 0.803. The van der Waals surface area contributed by atoms with Crippen molar-refractivity contribution >= 4 is 21.0 Å². The van der Waals surface area contributed by atoms with E-state index in [1.165, 1.54) is 35.7 Å². The molecule has 3 aromatic rings. The number of fused-ring (bicyclic) bond motifs is 1. The fourth-order valence-electron chi connectivity index (χ4n) is 3.63. The smallest absolute Gasteiger partial charge is 0.336 e. The Kier molecular flexibility index (Phi) is 5.59. The van der Waals surface area contributed by atoms with Crippen LogP contribution in [-0.4, -0.2) is 50.9 Å². The van der Waals surface area contributed by atoms with Crippen molar-refractivity contribution in [2.45, 2.75) is 11.4 Å². The fraction of sp³-hybridized carbons (Fsp3) is 0.286. The summed E-state index contributed by atoms with van der Waals surface area (Å²) in [7, 11) is -2.35. The van der Waals surface area contributed by atoms with Gasteiger partial charge in [0.15, 0.2) is 0 Å². The van der Waals surface area contributed by atoms with Crippen LogP contribution >= 0.6 is 0 Å². The highest BCUT2D eigenvalue weighted by molar-refractivity contribution is 7.89. The number of piperazine rings is 1. The first-order valence-corrected chi connectivity index (χ1v) is 10.9. The topological polar surface area (TPSA) is 80.1 Å². The molecule has 1 aliphatic heterocycles. The minimum absolute atomic E-state index is 0.240. The maximum absolute atomic E-state index is 14.0. The molecule has 2 aromatic carbocycles. The van der Waals surface area contributed by atoms with Gasteiger partial charge in [0.05, 0.1) is 7.11 Å². The maximum Gasteiger partial charge on any atom is 0.336 e. The highest BCUT2D eigenvalue weighted by Gasteiger charge is 2.30. The first-order chi connectivity index (χ1) is 14.4. The second kappa shape index (κ2) is 8.17. The molecule has 0 radical (unpaired) electrons. The number of nitrogens with zero attached hydrogens (tertiary/aromatic N) is 2. The summed E-state index contributed by atoms with van der Waals surface area (Å²) in [6.07, 6.45) is 0. The highest BCUT2D eigenvalue weighted by atomic mass is 32.2. The lowest BCUT2D eigenvalue weighted by Gasteiger charge is -2.34. The number of hydrogen-bond donors (Lipinski definition) is 0. The Bertz CT molecular complexity index is 1230. The van der Waals surface area contributed by atoms with Crippen LogP contribution in [-0.2, 0) is 16.6 Å². The van der Waals surface area contributed by atoms with E-state index in [1.807, 2.05) is 6.07 Å². The van der Waals surface area contributed by atoms with Crippen LogP contribution in [0.4, 0.5) is 4.39 Å². The van der Waals surface area contributed by atoms with Gasteiger partial charge in [-0.2, -0.15) is 4.31 Å². The Morgan fingerprint density at radius 3 is 2.50 bits per heavy atom. The van der Waals surface area contributed by atoms with Crippen molar-refractivity contribution in [1.82, 2.24) is 9.21 Å². The summed E-state index contributed by atoms with van der Waals surface area (Å²) >= 11 is 0. The Balaban J connectivity index is 1.51. The number of benzene rings is 2. The van der Waals surface area contributed by atoms with Gasteiger partial charge in [0.2, 0.25) is 10.0 Å². The summed E-state index contributed by atoms with van der Waals surface area (Å²) in [4.78, 5) is 13.7. The Morgan fingerprint density at radius 2 is 1.80 bits per heavy atom. The van der Waals surface area contributed by atoms with E-state index in [4.69, 9.17) is 9.15 Å². The van der Waals surface area contributed by atoms with E-state index in [1.54, 1.807) is 12.1 Å². The van der Waals surface area contributed by atoms with Crippen molar-refractivity contribution in [2.24, 2.45) is 0 Å². The zero-order valence-corrected chi connectivity index (χ0v) is 17.2. The molecule has 0 saturated carbocycles. The molecule has 0 spiro atoms. The maximum atomic E-state index is 14.0. The molecule has 0 amide bonds. The number of methoxy groups -OCH3 is 1. The van der Waals surface area contributed by atoms with Gasteiger partial charge < -0.3 is 9.15 Å². The summed E-state index contributed by atoms with van der Waals surface area (Å²) in [5.41, 5.74) is 0.790. The summed E-state index contributed by atoms with van der Waals surface area (Å²) in [6.45, 7) is 1.88. The molecule has 158 valence electrons. The van der Waals surface area contributed by atoms with Crippen molar-refractivity contribution in [3.05, 3.63) is 70.3 Å². The lowest BCUT2D eigenvalue weighted by Crippen LogP contribution is -2.48. The Labute approximate surface area is 173 Å². The average Bonchev–Trinajstić information content (AvgIpc) is 2.73. The number of hydrogen-bond acceptors (Lipinski definition) is 6. The third-order valence-electron chi connectivity index (χ3n) is 5.22. The second-order valence-corrected chi connectivity index (χ2v) is 8.97. The van der Waals surface area contributed by atoms with Crippen molar-refractivity contribution in [2.75, 3.05) is 33.3 Å². The monoisotopic (exact) mass is 432 g/mol. The van der Waals surface area contributed by atoms with Gasteiger partial charge in [-0.15, -0.1) is 0 Å². The van der Waals surface area contributed by atoms with Gasteiger partial charge in [-0.25, -0.2) is 17.6 Å². The van der Waals surface area contributed by atoms with Crippen LogP contribution in [0, 0.1) is 5.82 Å². The van der Waals surface area contributed by atoms with Crippen LogP contribution in [0.15, 0.2) is 62.6 Å². The minimum atomic E-state index is -3.89. The lowest BCUT2D eigenvalue weighted by molar-refractivity contribution is 0.181. The van der Waals surface area contributed by atoms with E-state index in [0.717, 1.165) is 17.0 Å². The molecule has 0 N–H and O–H groups in total. The predicted octanol–water partition coefficient (Wildman–Crippen LogP) is 2.45. The van der Waals surface area contributed by atoms with Gasteiger partial charge in [0, 0.05) is 50.2 Å². The van der Waals surface area contributed by atoms with Crippen LogP contribution < -0.4 is 10.4 Å². The molecular formula is C21H21FN2O5S. The Hall–Kier alpha value is -2.75. The molecule has 2 heterocycles. The molecule has 0 bridgehead atoms. The average molecular weight is 432 g/mol. The number of halogens is 1. The summed E-state index contributed by atoms with van der Waals surface area (Å²) in [6, 6.07) is 12.1. The molecule has 0 atom stereocenters. The second-order valence-electron chi connectivity index (χ2n) is 7.06. The first kappa shape index (κ1) is 20.5. The van der Waals surface area contributed by atoms with Crippen molar-refractivity contribution < 1.29 is 22.0 Å². The van der Waals surface area contributed by atoms with E-state index in [-0.39, 0.29) is 18.0 Å². The van der Waals surface area contributed by atoms with E-state index < -0.39 is 21.5 Å². The molecule has 4 rings (SSSR count). The third-order valence-corrected chi connectivity index (χ3v) is 7.15. The van der Waals surface area contributed by atoms with E-state index in [2.05, 4.69) is 4.90 Å². The predicted molar refractivity (Wildman–Crippen MR) is 109 cm³/mol. The third kappa shape index (κ3) is 3.96. The molecule has 9 heteroatoms. The van der Waals surface area contributed by atoms with Gasteiger partial charge in [-0.1, -0.05) is 12.1 Å². The number of sulfonamides is 1. The van der Waals surface area contributed by atoms with Crippen molar-refractivity contribution in [3.8, 4) is 5.75 Å². The molecule has 0 unspecified atom stereocenters. The van der Waals surface area contributed by atoms with Crippen LogP contribution in [0.2, 0.25) is 0 Å². The summed E-state index contributed by atoms with van der Waals surface area (Å²) in [5.74, 6) is -0.160. The molecule has 1 fully saturated rings. The first-order valence-electron chi connectivity index (χ1n) is 9.46. The van der Waals surface area contributed by atoms with E-state index >= 15 is 0 Å². The zero-order valence-electron chi connectivity index (χ0n) is 16.4. The molecule has 7 nitrogen and oxygen atoms in total. The fourth-order valence-corrected chi connectivity index (χ4v) is 5.12. The molecule has 1 aromatic heterocycles. The SMILES string of the molecule is COc1ccc2c(CN3CCN(S(=O)(=O)c4ccccc4F)CC3)cc(=O)oc2c1. The van der Waals surface area contributed by atoms with Crippen LogP contribution in [0.1, 0.15) is 5.56 Å². The molecule has 0 aliphatic carbocycles. The van der Waals surface area contributed by atoms with Crippen molar-refractivity contribution in [1.29, 1.82) is 0 Å². The van der Waals surface area contributed by atoms with E-state index in [0.29, 0.717) is 31.0 Å². The van der Waals surface area contributed by atoms with Crippen LogP contribution in [0.5, 0.6) is 5.75 Å². The molecule has 30 heavy (non-hydrogen) atoms. The number of rotatable bonds is 5. The lowest BCUT2D eigenvalue weighted by atomic mass is 10.1. The van der Waals surface area contributed by atoms with E-state index in [9.17, 15) is 17.6 Å². The minimum Gasteiger partial charge on any atom is -0.497 e. The van der Waals surface area contributed by atoms with Gasteiger partial charge >= 0.3 is 5.63 Å². The highest BCUT2D eigenvalue weighted by Crippen LogP contribution is 2.25. The standard InChI is InChI=1S/C21H21FN2O5S/c1-28-16-6-7-17-15(12-21(25)29-19(17)13-16)14-23-8-10-24(11-9-23)30(26,27)20-5-3-2-4-18(20)22/h2-7,12-13H,8-11,14H2,1H3. The van der Waals surface area contributed by atoms with Gasteiger partial charge in [-0.3, -0.25) is 4.90 Å². The largest absolute Gasteiger partial charge is 0.497 e. The van der Waals surface area contributed by atoms with Gasteiger partial charge in [-0.05, 0) is 29.8 Å². The molecule has 1 saturated heterocycles. The Morgan fingerprint density at radius 1 is 1.07 bits per heavy atom. The zero-order chi connectivity index (χ0) is 21.3. The van der Waals surface area contributed by atoms with Gasteiger partial charge in [0.1, 0.15) is 22.0 Å². The van der Waals surface area contributed by atoms with Gasteiger partial charge in [0.25, 0.3) is 0 Å². The molecule has 1 aliphatic rings. The number of ether oxygens (including phenoxy) is 1. The van der Waals surface area contributed by atoms with Crippen LogP contribution in [0.3, 0.4) is 0 Å². The van der Waals surface area contributed by atoms with Crippen molar-refractivity contribution in [3.63, 3.8) is 0 Å². The molecular weight excluding hydrogens is 411 g/mol. The quantitative estimate of drug-likeness (QED) is 0.576. The normalized spacial score (nSPS) is 16.1. The summed E-state index contributed by atoms with van der Waals surface area (Å²) < 4.78 is 51.2. The van der Waals surface area contributed by atoms with Crippen LogP contribution in [0.25, 0.3) is 11.0 Å².